The summed E-state index contributed by atoms with van der Waals surface area (Å²) in [6.07, 6.45) is 1.85. The van der Waals surface area contributed by atoms with Crippen LogP contribution in [0.3, 0.4) is 0 Å². The van der Waals surface area contributed by atoms with Gasteiger partial charge in [-0.2, -0.15) is 0 Å². The zero-order valence-corrected chi connectivity index (χ0v) is 14.5. The summed E-state index contributed by atoms with van der Waals surface area (Å²) in [7, 11) is 0. The summed E-state index contributed by atoms with van der Waals surface area (Å²) < 4.78 is 19.6. The van der Waals surface area contributed by atoms with Crippen molar-refractivity contribution < 1.29 is 13.9 Å². The molecule has 3 heterocycles. The molecule has 26 heavy (non-hydrogen) atoms. The van der Waals surface area contributed by atoms with E-state index in [1.807, 2.05) is 23.1 Å². The fourth-order valence-electron chi connectivity index (χ4n) is 3.92. The van der Waals surface area contributed by atoms with Gasteiger partial charge < -0.3 is 15.0 Å². The van der Waals surface area contributed by atoms with Crippen molar-refractivity contribution in [1.29, 1.82) is 0 Å². The number of amides is 1. The van der Waals surface area contributed by atoms with Gasteiger partial charge in [-0.15, -0.1) is 0 Å². The van der Waals surface area contributed by atoms with Crippen LogP contribution < -0.4 is 5.32 Å². The number of likely N-dealkylation sites (tertiary alicyclic amines) is 1. The third kappa shape index (κ3) is 3.29. The van der Waals surface area contributed by atoms with Crippen molar-refractivity contribution in [3.05, 3.63) is 60.0 Å². The van der Waals surface area contributed by atoms with Crippen molar-refractivity contribution in [3.63, 3.8) is 0 Å². The SMILES string of the molecule is O=C(Cc1ccccc1F)N1C[C@@H]2COC[C@]2(CNc2ccccn2)C1. The number of ether oxygens (including phenoxy) is 1. The van der Waals surface area contributed by atoms with E-state index in [1.165, 1.54) is 6.07 Å². The van der Waals surface area contributed by atoms with Gasteiger partial charge in [0, 0.05) is 37.2 Å². The molecule has 2 aromatic rings. The van der Waals surface area contributed by atoms with Crippen LogP contribution in [0.2, 0.25) is 0 Å². The first-order valence-electron chi connectivity index (χ1n) is 8.90. The fraction of sp³-hybridized carbons (Fsp3) is 0.400. The summed E-state index contributed by atoms with van der Waals surface area (Å²) in [4.78, 5) is 18.9. The molecule has 2 saturated heterocycles. The van der Waals surface area contributed by atoms with Crippen LogP contribution in [0.4, 0.5) is 10.2 Å². The summed E-state index contributed by atoms with van der Waals surface area (Å²) in [5, 5.41) is 3.38. The molecule has 2 atom stereocenters. The van der Waals surface area contributed by atoms with E-state index < -0.39 is 0 Å². The van der Waals surface area contributed by atoms with Gasteiger partial charge in [0.05, 0.1) is 19.6 Å². The normalized spacial score (nSPS) is 24.5. The van der Waals surface area contributed by atoms with Gasteiger partial charge in [0.2, 0.25) is 5.91 Å². The summed E-state index contributed by atoms with van der Waals surface area (Å²) in [6, 6.07) is 12.2. The summed E-state index contributed by atoms with van der Waals surface area (Å²) in [5.74, 6) is 0.767. The number of rotatable bonds is 5. The van der Waals surface area contributed by atoms with Gasteiger partial charge in [-0.25, -0.2) is 9.37 Å². The number of halogens is 1. The van der Waals surface area contributed by atoms with Gasteiger partial charge in [0.15, 0.2) is 0 Å². The molecule has 1 aromatic carbocycles. The number of hydrogen-bond acceptors (Lipinski definition) is 4. The predicted octanol–water partition coefficient (Wildman–Crippen LogP) is 2.35. The number of aromatic nitrogens is 1. The van der Waals surface area contributed by atoms with E-state index in [0.29, 0.717) is 44.3 Å². The molecule has 0 bridgehead atoms. The lowest BCUT2D eigenvalue weighted by Crippen LogP contribution is -2.39. The molecule has 1 N–H and O–H groups in total. The van der Waals surface area contributed by atoms with Gasteiger partial charge in [-0.3, -0.25) is 4.79 Å². The number of carbonyl (C=O) groups excluding carboxylic acids is 1. The number of benzene rings is 1. The van der Waals surface area contributed by atoms with Gasteiger partial charge in [0.1, 0.15) is 11.6 Å². The van der Waals surface area contributed by atoms with Crippen molar-refractivity contribution in [3.8, 4) is 0 Å². The average Bonchev–Trinajstić information content (AvgIpc) is 3.20. The maximum atomic E-state index is 13.8. The van der Waals surface area contributed by atoms with Crippen molar-refractivity contribution >= 4 is 11.7 Å². The highest BCUT2D eigenvalue weighted by atomic mass is 19.1. The van der Waals surface area contributed by atoms with E-state index in [0.717, 1.165) is 5.82 Å². The van der Waals surface area contributed by atoms with Crippen LogP contribution in [0.15, 0.2) is 48.7 Å². The Labute approximate surface area is 152 Å². The van der Waals surface area contributed by atoms with E-state index in [9.17, 15) is 9.18 Å². The van der Waals surface area contributed by atoms with Crippen molar-refractivity contribution in [2.24, 2.45) is 11.3 Å². The van der Waals surface area contributed by atoms with E-state index in [4.69, 9.17) is 4.74 Å². The Hall–Kier alpha value is -2.47. The quantitative estimate of drug-likeness (QED) is 0.895. The Morgan fingerprint density at radius 3 is 2.96 bits per heavy atom. The summed E-state index contributed by atoms with van der Waals surface area (Å²) in [6.45, 7) is 3.29. The molecule has 1 aromatic heterocycles. The Bertz CT molecular complexity index is 786. The monoisotopic (exact) mass is 355 g/mol. The smallest absolute Gasteiger partial charge is 0.227 e. The first kappa shape index (κ1) is 17.0. The second kappa shape index (κ2) is 7.03. The van der Waals surface area contributed by atoms with Gasteiger partial charge in [0.25, 0.3) is 0 Å². The highest BCUT2D eigenvalue weighted by Crippen LogP contribution is 2.41. The van der Waals surface area contributed by atoms with Gasteiger partial charge >= 0.3 is 0 Å². The lowest BCUT2D eigenvalue weighted by molar-refractivity contribution is -0.130. The third-order valence-corrected chi connectivity index (χ3v) is 5.46. The number of fused-ring (bicyclic) bond motifs is 1. The minimum atomic E-state index is -0.324. The molecular weight excluding hydrogens is 333 g/mol. The van der Waals surface area contributed by atoms with E-state index in [-0.39, 0.29) is 23.6 Å². The minimum Gasteiger partial charge on any atom is -0.380 e. The van der Waals surface area contributed by atoms with Crippen LogP contribution >= 0.6 is 0 Å². The van der Waals surface area contributed by atoms with Crippen LogP contribution in [0.25, 0.3) is 0 Å². The molecule has 2 aliphatic heterocycles. The molecule has 0 spiro atoms. The summed E-state index contributed by atoms with van der Waals surface area (Å²) >= 11 is 0. The molecule has 4 rings (SSSR count). The van der Waals surface area contributed by atoms with E-state index in [2.05, 4.69) is 10.3 Å². The molecule has 0 radical (unpaired) electrons. The van der Waals surface area contributed by atoms with Crippen molar-refractivity contribution in [1.82, 2.24) is 9.88 Å². The Morgan fingerprint density at radius 1 is 1.31 bits per heavy atom. The number of pyridine rings is 1. The van der Waals surface area contributed by atoms with E-state index >= 15 is 0 Å². The first-order chi connectivity index (χ1) is 12.7. The van der Waals surface area contributed by atoms with Crippen molar-refractivity contribution in [2.75, 3.05) is 38.2 Å². The molecule has 136 valence electrons. The van der Waals surface area contributed by atoms with Crippen molar-refractivity contribution in [2.45, 2.75) is 6.42 Å². The Kier molecular flexibility index (Phi) is 4.59. The minimum absolute atomic E-state index is 0.0262. The molecule has 0 saturated carbocycles. The predicted molar refractivity (Wildman–Crippen MR) is 96.2 cm³/mol. The molecule has 2 fully saturated rings. The number of nitrogens with one attached hydrogen (secondary N) is 1. The average molecular weight is 355 g/mol. The van der Waals surface area contributed by atoms with Crippen LogP contribution in [0, 0.1) is 17.2 Å². The molecule has 0 aliphatic carbocycles. The highest BCUT2D eigenvalue weighted by Gasteiger charge is 2.51. The molecule has 0 unspecified atom stereocenters. The maximum absolute atomic E-state index is 13.8. The molecule has 5 nitrogen and oxygen atoms in total. The van der Waals surface area contributed by atoms with Gasteiger partial charge in [-0.05, 0) is 23.8 Å². The van der Waals surface area contributed by atoms with Crippen LogP contribution in [-0.4, -0.2) is 48.6 Å². The van der Waals surface area contributed by atoms with E-state index in [1.54, 1.807) is 24.4 Å². The number of anilines is 1. The highest BCUT2D eigenvalue weighted by molar-refractivity contribution is 5.79. The maximum Gasteiger partial charge on any atom is 0.227 e. The zero-order valence-electron chi connectivity index (χ0n) is 14.5. The second-order valence-electron chi connectivity index (χ2n) is 7.19. The molecule has 2 aliphatic rings. The number of hydrogen-bond donors (Lipinski definition) is 1. The fourth-order valence-corrected chi connectivity index (χ4v) is 3.92. The van der Waals surface area contributed by atoms with Crippen LogP contribution in [0.1, 0.15) is 5.56 Å². The number of carbonyl (C=O) groups is 1. The molecule has 6 heteroatoms. The summed E-state index contributed by atoms with van der Waals surface area (Å²) in [5.41, 5.74) is 0.342. The van der Waals surface area contributed by atoms with Gasteiger partial charge in [-0.1, -0.05) is 24.3 Å². The largest absolute Gasteiger partial charge is 0.380 e. The zero-order chi connectivity index (χ0) is 18.0. The Balaban J connectivity index is 1.43. The lowest BCUT2D eigenvalue weighted by atomic mass is 9.81. The Morgan fingerprint density at radius 2 is 2.15 bits per heavy atom. The topological polar surface area (TPSA) is 54.5 Å². The number of nitrogens with zero attached hydrogens (tertiary/aromatic N) is 2. The standard InChI is InChI=1S/C20H22FN3O2/c21-17-6-2-1-5-15(17)9-19(25)24-10-16-11-26-14-20(16,13-24)12-23-18-7-3-4-8-22-18/h1-8,16H,9-14H2,(H,22,23)/t16-,20+/m1/s1. The molecular formula is C20H22FN3O2. The lowest BCUT2D eigenvalue weighted by Gasteiger charge is -2.27. The third-order valence-electron chi connectivity index (χ3n) is 5.46. The van der Waals surface area contributed by atoms with Crippen LogP contribution in [-0.2, 0) is 16.0 Å². The first-order valence-corrected chi connectivity index (χ1v) is 8.90. The van der Waals surface area contributed by atoms with Crippen LogP contribution in [0.5, 0.6) is 0 Å². The second-order valence-corrected chi connectivity index (χ2v) is 7.19. The molecule has 1 amide bonds.